The maximum absolute atomic E-state index is 13.9. The Balaban J connectivity index is 0.942. The van der Waals surface area contributed by atoms with Crippen LogP contribution in [0, 0.1) is 11.7 Å². The first kappa shape index (κ1) is 41.7. The molecule has 4 N–H and O–H groups in total. The van der Waals surface area contributed by atoms with Crippen LogP contribution >= 0.6 is 0 Å². The lowest BCUT2D eigenvalue weighted by Gasteiger charge is -2.30. The Hall–Kier alpha value is -7.03. The van der Waals surface area contributed by atoms with Crippen LogP contribution in [0.3, 0.4) is 0 Å². The van der Waals surface area contributed by atoms with Crippen molar-refractivity contribution < 1.29 is 33.0 Å². The molecule has 4 atom stereocenters. The predicted octanol–water partition coefficient (Wildman–Crippen LogP) is 8.23. The van der Waals surface area contributed by atoms with E-state index in [1.165, 1.54) is 38.5 Å². The average Bonchev–Trinajstić information content (AvgIpc) is 4.14. The molecule has 4 aromatic carbocycles. The number of alkyl carbamates (subject to hydrolysis) is 2. The molecule has 2 aliphatic heterocycles. The minimum atomic E-state index is -1.05. The Kier molecular flexibility index (Phi) is 12.0. The largest absolute Gasteiger partial charge is 0.453 e. The molecule has 62 heavy (non-hydrogen) atoms. The van der Waals surface area contributed by atoms with Crippen LogP contribution in [-0.2, 0) is 19.1 Å². The molecule has 0 radical (unpaired) electrons. The number of aromatic nitrogens is 4. The van der Waals surface area contributed by atoms with Gasteiger partial charge in [-0.15, -0.1) is 0 Å². The summed E-state index contributed by atoms with van der Waals surface area (Å²) in [4.78, 5) is 71.5. The molecular formula is C47H49FN8O6. The molecule has 8 rings (SSSR count). The Morgan fingerprint density at radius 2 is 1.16 bits per heavy atom. The summed E-state index contributed by atoms with van der Waals surface area (Å²) in [5.74, 6) is 0.324. The highest BCUT2D eigenvalue weighted by Crippen LogP contribution is 2.36. The third-order valence-corrected chi connectivity index (χ3v) is 11.9. The lowest BCUT2D eigenvalue weighted by Crippen LogP contribution is -2.51. The van der Waals surface area contributed by atoms with Gasteiger partial charge in [-0.2, -0.15) is 0 Å². The van der Waals surface area contributed by atoms with Crippen LogP contribution in [0.4, 0.5) is 14.0 Å². The molecule has 0 aliphatic carbocycles. The summed E-state index contributed by atoms with van der Waals surface area (Å²) in [7, 11) is 2.51. The number of likely N-dealkylation sites (tertiary alicyclic amines) is 2. The zero-order chi connectivity index (χ0) is 43.5. The van der Waals surface area contributed by atoms with Crippen LogP contribution in [0.15, 0.2) is 97.3 Å². The first-order chi connectivity index (χ1) is 30.0. The minimum absolute atomic E-state index is 0.115. The summed E-state index contributed by atoms with van der Waals surface area (Å²) in [6.45, 7) is 4.86. The van der Waals surface area contributed by atoms with Crippen LogP contribution in [0.1, 0.15) is 74.9 Å². The molecule has 2 aromatic heterocycles. The molecule has 15 heteroatoms. The summed E-state index contributed by atoms with van der Waals surface area (Å²) in [5, 5.41) is 7.46. The van der Waals surface area contributed by atoms with E-state index in [1.54, 1.807) is 16.0 Å². The number of rotatable bonds is 11. The first-order valence-corrected chi connectivity index (χ1v) is 20.8. The van der Waals surface area contributed by atoms with Crippen molar-refractivity contribution in [3.05, 3.63) is 120 Å². The van der Waals surface area contributed by atoms with Crippen molar-refractivity contribution in [1.82, 2.24) is 40.4 Å². The molecule has 2 fully saturated rings. The summed E-state index contributed by atoms with van der Waals surface area (Å²) in [5.41, 5.74) is 6.14. The van der Waals surface area contributed by atoms with Gasteiger partial charge < -0.3 is 39.9 Å². The number of H-pyrrole nitrogens is 2. The normalized spacial score (nSPS) is 17.3. The summed E-state index contributed by atoms with van der Waals surface area (Å²) < 4.78 is 23.3. The second kappa shape index (κ2) is 17.9. The third-order valence-electron chi connectivity index (χ3n) is 11.9. The molecular weight excluding hydrogens is 792 g/mol. The van der Waals surface area contributed by atoms with Gasteiger partial charge in [0.25, 0.3) is 5.91 Å². The number of imidazole rings is 2. The van der Waals surface area contributed by atoms with E-state index in [9.17, 15) is 23.6 Å². The van der Waals surface area contributed by atoms with Gasteiger partial charge in [-0.05, 0) is 88.9 Å². The highest BCUT2D eigenvalue weighted by atomic mass is 19.1. The maximum Gasteiger partial charge on any atom is 0.407 e. The van der Waals surface area contributed by atoms with Gasteiger partial charge in [-0.1, -0.05) is 74.5 Å². The second-order valence-corrected chi connectivity index (χ2v) is 16.1. The third kappa shape index (κ3) is 8.60. The molecule has 14 nitrogen and oxygen atoms in total. The number of nitrogens with zero attached hydrogens (tertiary/aromatic N) is 4. The summed E-state index contributed by atoms with van der Waals surface area (Å²) in [6.07, 6.45) is 5.24. The fraction of sp³-hybridized carbons (Fsp3) is 0.319. The summed E-state index contributed by atoms with van der Waals surface area (Å²) in [6, 6.07) is 24.0. The van der Waals surface area contributed by atoms with Crippen molar-refractivity contribution in [1.29, 1.82) is 0 Å². The number of benzene rings is 4. The van der Waals surface area contributed by atoms with Gasteiger partial charge in [-0.25, -0.2) is 23.9 Å². The zero-order valence-electron chi connectivity index (χ0n) is 35.0. The quantitative estimate of drug-likeness (QED) is 0.101. The fourth-order valence-corrected chi connectivity index (χ4v) is 8.53. The minimum Gasteiger partial charge on any atom is -0.453 e. The molecule has 2 aliphatic rings. The number of hydrogen-bond donors (Lipinski definition) is 4. The molecule has 4 amide bonds. The molecule has 320 valence electrons. The molecule has 4 heterocycles. The number of methoxy groups -OCH3 is 2. The second-order valence-electron chi connectivity index (χ2n) is 16.1. The molecule has 0 saturated carbocycles. The van der Waals surface area contributed by atoms with E-state index in [0.717, 1.165) is 63.7 Å². The molecule has 0 bridgehead atoms. The highest BCUT2D eigenvalue weighted by Gasteiger charge is 2.39. The SMILES string of the molecule is COC(=O)NC(C(=O)N1CCCC1c1ncc(-c2ccc(-c3ccc4cc(-c5cnc(C6CCCN6C(=O)C(NC(=O)OC)C(C)C)[nH]5)ccc4c3)cc2)[nH]1)c1ccc(F)cc1. The van der Waals surface area contributed by atoms with Crippen molar-refractivity contribution in [2.75, 3.05) is 27.3 Å². The van der Waals surface area contributed by atoms with Crippen LogP contribution in [-0.4, -0.2) is 87.1 Å². The number of hydrogen-bond acceptors (Lipinski definition) is 8. The Labute approximate surface area is 358 Å². The van der Waals surface area contributed by atoms with Crippen molar-refractivity contribution in [3.8, 4) is 33.6 Å². The van der Waals surface area contributed by atoms with Gasteiger partial charge in [0.05, 0.1) is 50.1 Å². The molecule has 6 aromatic rings. The van der Waals surface area contributed by atoms with E-state index in [1.807, 2.05) is 32.2 Å². The van der Waals surface area contributed by atoms with Gasteiger partial charge in [0.1, 0.15) is 29.5 Å². The van der Waals surface area contributed by atoms with Crippen LogP contribution in [0.2, 0.25) is 0 Å². The van der Waals surface area contributed by atoms with Gasteiger partial charge in [0.2, 0.25) is 5.91 Å². The van der Waals surface area contributed by atoms with Crippen molar-refractivity contribution in [2.24, 2.45) is 5.92 Å². The number of halogens is 1. The Morgan fingerprint density at radius 1 is 0.661 bits per heavy atom. The number of carbonyl (C=O) groups excluding carboxylic acids is 4. The molecule has 2 saturated heterocycles. The smallest absolute Gasteiger partial charge is 0.407 e. The van der Waals surface area contributed by atoms with E-state index in [-0.39, 0.29) is 29.8 Å². The number of nitrogens with one attached hydrogen (secondary N) is 4. The lowest BCUT2D eigenvalue weighted by atomic mass is 9.98. The van der Waals surface area contributed by atoms with E-state index >= 15 is 0 Å². The topological polar surface area (TPSA) is 175 Å². The fourth-order valence-electron chi connectivity index (χ4n) is 8.53. The number of fused-ring (bicyclic) bond motifs is 1. The van der Waals surface area contributed by atoms with E-state index in [2.05, 4.69) is 74.1 Å². The highest BCUT2D eigenvalue weighted by molar-refractivity contribution is 5.91. The predicted molar refractivity (Wildman–Crippen MR) is 231 cm³/mol. The van der Waals surface area contributed by atoms with E-state index in [4.69, 9.17) is 14.5 Å². The van der Waals surface area contributed by atoms with Gasteiger partial charge in [0.15, 0.2) is 0 Å². The Morgan fingerprint density at radius 3 is 1.74 bits per heavy atom. The number of ether oxygens (including phenoxy) is 2. The monoisotopic (exact) mass is 840 g/mol. The Bertz CT molecular complexity index is 2590. The summed E-state index contributed by atoms with van der Waals surface area (Å²) >= 11 is 0. The van der Waals surface area contributed by atoms with Crippen molar-refractivity contribution in [3.63, 3.8) is 0 Å². The van der Waals surface area contributed by atoms with Gasteiger partial charge in [-0.3, -0.25) is 9.59 Å². The standard InChI is InChI=1S/C47H49FN8O6/c1-27(2)40(53-46(59)61-3)44(57)55-21-5-7-38(55)43-50-26-37(52-43)34-16-15-32-23-31(13-14-33(32)24-34)28-9-11-29(12-10-28)36-25-49-42(51-36)39-8-6-22-56(39)45(58)41(54-47(60)62-4)30-17-19-35(48)20-18-30/h9-20,23-27,38-41H,5-8,21-22H2,1-4H3,(H,49,51)(H,50,52)(H,53,59)(H,54,60). The van der Waals surface area contributed by atoms with Crippen molar-refractivity contribution in [2.45, 2.75) is 63.7 Å². The van der Waals surface area contributed by atoms with Gasteiger partial charge >= 0.3 is 12.2 Å². The zero-order valence-corrected chi connectivity index (χ0v) is 35.0. The van der Waals surface area contributed by atoms with Crippen molar-refractivity contribution >= 4 is 34.8 Å². The van der Waals surface area contributed by atoms with E-state index in [0.29, 0.717) is 36.7 Å². The van der Waals surface area contributed by atoms with Crippen LogP contribution in [0.5, 0.6) is 0 Å². The molecule has 4 unspecified atom stereocenters. The number of carbonyl (C=O) groups is 4. The lowest BCUT2D eigenvalue weighted by molar-refractivity contribution is -0.135. The van der Waals surface area contributed by atoms with E-state index < -0.39 is 30.1 Å². The number of aromatic amines is 2. The van der Waals surface area contributed by atoms with Gasteiger partial charge in [0, 0.05) is 18.7 Å². The van der Waals surface area contributed by atoms with Crippen LogP contribution in [0.25, 0.3) is 44.4 Å². The molecule has 0 spiro atoms. The average molecular weight is 841 g/mol. The number of amides is 4. The van der Waals surface area contributed by atoms with Crippen LogP contribution < -0.4 is 10.6 Å². The maximum atomic E-state index is 13.9. The first-order valence-electron chi connectivity index (χ1n) is 20.8.